The maximum absolute atomic E-state index is 12.1. The van der Waals surface area contributed by atoms with E-state index in [1.807, 2.05) is 30.3 Å². The zero-order chi connectivity index (χ0) is 19.6. The van der Waals surface area contributed by atoms with Gasteiger partial charge >= 0.3 is 5.97 Å². The number of nitriles is 1. The third-order valence-electron chi connectivity index (χ3n) is 4.26. The fourth-order valence-corrected chi connectivity index (χ4v) is 4.10. The Morgan fingerprint density at radius 3 is 2.56 bits per heavy atom. The first kappa shape index (κ1) is 18.7. The van der Waals surface area contributed by atoms with Crippen molar-refractivity contribution in [2.75, 3.05) is 12.8 Å². The number of anilines is 1. The van der Waals surface area contributed by atoms with E-state index in [2.05, 4.69) is 11.1 Å². The molecule has 0 aliphatic rings. The molecule has 6 heteroatoms. The van der Waals surface area contributed by atoms with E-state index in [1.54, 1.807) is 32.2 Å². The van der Waals surface area contributed by atoms with E-state index in [4.69, 9.17) is 10.5 Å². The van der Waals surface area contributed by atoms with Crippen LogP contribution in [-0.4, -0.2) is 22.8 Å². The van der Waals surface area contributed by atoms with Crippen LogP contribution in [0, 0.1) is 11.3 Å². The van der Waals surface area contributed by atoms with Crippen molar-refractivity contribution < 1.29 is 9.53 Å². The van der Waals surface area contributed by atoms with E-state index >= 15 is 0 Å². The lowest BCUT2D eigenvalue weighted by Gasteiger charge is -2.23. The van der Waals surface area contributed by atoms with Gasteiger partial charge in [0.2, 0.25) is 0 Å². The molecular weight excluding hydrogens is 358 g/mol. The Labute approximate surface area is 162 Å². The molecule has 0 saturated carbocycles. The SMILES string of the molecule is COC(=O)C(C)(C)Sc1cc(N)ncc1-c1ccc(C#N)c2ccccc12. The van der Waals surface area contributed by atoms with Crippen molar-refractivity contribution >= 4 is 34.3 Å². The van der Waals surface area contributed by atoms with Gasteiger partial charge in [-0.1, -0.05) is 30.3 Å². The summed E-state index contributed by atoms with van der Waals surface area (Å²) < 4.78 is 4.13. The maximum atomic E-state index is 12.1. The van der Waals surface area contributed by atoms with Crippen molar-refractivity contribution in [3.8, 4) is 17.2 Å². The molecule has 0 unspecified atom stereocenters. The van der Waals surface area contributed by atoms with Gasteiger partial charge in [0.05, 0.1) is 18.7 Å². The van der Waals surface area contributed by atoms with Gasteiger partial charge < -0.3 is 10.5 Å². The average Bonchev–Trinajstić information content (AvgIpc) is 2.66. The van der Waals surface area contributed by atoms with E-state index < -0.39 is 4.75 Å². The van der Waals surface area contributed by atoms with E-state index in [0.29, 0.717) is 11.4 Å². The van der Waals surface area contributed by atoms with E-state index in [1.165, 1.54) is 18.9 Å². The summed E-state index contributed by atoms with van der Waals surface area (Å²) in [6, 6.07) is 15.4. The Morgan fingerprint density at radius 2 is 1.89 bits per heavy atom. The van der Waals surface area contributed by atoms with Crippen molar-refractivity contribution in [1.29, 1.82) is 5.26 Å². The highest BCUT2D eigenvalue weighted by atomic mass is 32.2. The highest BCUT2D eigenvalue weighted by Gasteiger charge is 2.31. The topological polar surface area (TPSA) is 89.0 Å². The number of hydrogen-bond acceptors (Lipinski definition) is 6. The Bertz CT molecular complexity index is 1070. The molecule has 5 nitrogen and oxygen atoms in total. The number of carbonyl (C=O) groups excluding carboxylic acids is 1. The molecular formula is C21H19N3O2S. The Kier molecular flexibility index (Phi) is 5.06. The normalized spacial score (nSPS) is 11.2. The Morgan fingerprint density at radius 1 is 1.19 bits per heavy atom. The van der Waals surface area contributed by atoms with Crippen LogP contribution in [0.4, 0.5) is 5.82 Å². The minimum atomic E-state index is -0.792. The van der Waals surface area contributed by atoms with Crippen LogP contribution in [0.25, 0.3) is 21.9 Å². The van der Waals surface area contributed by atoms with Gasteiger partial charge in [-0.3, -0.25) is 4.79 Å². The summed E-state index contributed by atoms with van der Waals surface area (Å²) in [5.41, 5.74) is 8.30. The third-order valence-corrected chi connectivity index (χ3v) is 5.50. The number of rotatable bonds is 4. The van der Waals surface area contributed by atoms with E-state index in [-0.39, 0.29) is 5.97 Å². The molecule has 0 aliphatic heterocycles. The van der Waals surface area contributed by atoms with E-state index in [0.717, 1.165) is 26.8 Å². The van der Waals surface area contributed by atoms with Crippen molar-refractivity contribution in [2.45, 2.75) is 23.5 Å². The number of fused-ring (bicyclic) bond motifs is 1. The number of pyridine rings is 1. The highest BCUT2D eigenvalue weighted by molar-refractivity contribution is 8.01. The molecule has 27 heavy (non-hydrogen) atoms. The van der Waals surface area contributed by atoms with Crippen molar-refractivity contribution in [2.24, 2.45) is 0 Å². The van der Waals surface area contributed by atoms with Crippen LogP contribution in [0.2, 0.25) is 0 Å². The number of benzene rings is 2. The second kappa shape index (κ2) is 7.29. The standard InChI is InChI=1S/C21H19N3O2S/c1-21(2,20(25)26-3)27-18-10-19(23)24-12-17(18)16-9-8-13(11-22)14-6-4-5-7-15(14)16/h4-10,12H,1-3H3,(H2,23,24). The lowest BCUT2D eigenvalue weighted by atomic mass is 9.96. The molecule has 0 amide bonds. The minimum Gasteiger partial charge on any atom is -0.468 e. The molecule has 136 valence electrons. The molecule has 3 aromatic rings. The summed E-state index contributed by atoms with van der Waals surface area (Å²) in [5, 5.41) is 11.2. The fourth-order valence-electron chi connectivity index (χ4n) is 2.93. The first-order valence-electron chi connectivity index (χ1n) is 8.32. The van der Waals surface area contributed by atoms with Gasteiger partial charge in [-0.2, -0.15) is 5.26 Å². The maximum Gasteiger partial charge on any atom is 0.321 e. The van der Waals surface area contributed by atoms with Gasteiger partial charge in [-0.15, -0.1) is 11.8 Å². The molecule has 0 bridgehead atoms. The summed E-state index contributed by atoms with van der Waals surface area (Å²) in [6.45, 7) is 3.61. The molecule has 1 heterocycles. The van der Waals surface area contributed by atoms with Gasteiger partial charge in [-0.25, -0.2) is 4.98 Å². The largest absolute Gasteiger partial charge is 0.468 e. The summed E-state index contributed by atoms with van der Waals surface area (Å²) in [4.78, 5) is 17.2. The van der Waals surface area contributed by atoms with Crippen LogP contribution in [0.15, 0.2) is 53.6 Å². The van der Waals surface area contributed by atoms with Crippen LogP contribution in [0.1, 0.15) is 19.4 Å². The van der Waals surface area contributed by atoms with Crippen molar-refractivity contribution in [3.63, 3.8) is 0 Å². The van der Waals surface area contributed by atoms with Crippen LogP contribution in [0.3, 0.4) is 0 Å². The number of esters is 1. The third kappa shape index (κ3) is 3.60. The number of nitrogens with two attached hydrogens (primary N) is 1. The summed E-state index contributed by atoms with van der Waals surface area (Å²) in [5.74, 6) is 0.0541. The molecule has 3 rings (SSSR count). The molecule has 0 saturated heterocycles. The van der Waals surface area contributed by atoms with Gasteiger partial charge in [0, 0.05) is 22.0 Å². The lowest BCUT2D eigenvalue weighted by molar-refractivity contribution is -0.142. The molecule has 0 fully saturated rings. The molecule has 1 aromatic heterocycles. The van der Waals surface area contributed by atoms with Gasteiger partial charge in [0.1, 0.15) is 10.6 Å². The smallest absolute Gasteiger partial charge is 0.321 e. The van der Waals surface area contributed by atoms with Gasteiger partial charge in [-0.05, 0) is 36.9 Å². The van der Waals surface area contributed by atoms with Gasteiger partial charge in [0.25, 0.3) is 0 Å². The minimum absolute atomic E-state index is 0.321. The quantitative estimate of drug-likeness (QED) is 0.535. The van der Waals surface area contributed by atoms with Crippen LogP contribution in [-0.2, 0) is 9.53 Å². The molecule has 2 N–H and O–H groups in total. The fraction of sp³-hybridized carbons (Fsp3) is 0.190. The summed E-state index contributed by atoms with van der Waals surface area (Å²) in [6.07, 6.45) is 1.71. The monoisotopic (exact) mass is 377 g/mol. The molecule has 2 aromatic carbocycles. The van der Waals surface area contributed by atoms with Crippen LogP contribution in [0.5, 0.6) is 0 Å². The zero-order valence-corrected chi connectivity index (χ0v) is 16.1. The second-order valence-corrected chi connectivity index (χ2v) is 8.19. The Hall–Kier alpha value is -3.04. The summed E-state index contributed by atoms with van der Waals surface area (Å²) >= 11 is 1.37. The van der Waals surface area contributed by atoms with Crippen molar-refractivity contribution in [1.82, 2.24) is 4.98 Å². The van der Waals surface area contributed by atoms with E-state index in [9.17, 15) is 10.1 Å². The number of carbonyl (C=O) groups is 1. The highest BCUT2D eigenvalue weighted by Crippen LogP contribution is 2.42. The number of nitrogens with zero attached hydrogens (tertiary/aromatic N) is 2. The predicted molar refractivity (Wildman–Crippen MR) is 108 cm³/mol. The van der Waals surface area contributed by atoms with Crippen molar-refractivity contribution in [3.05, 3.63) is 54.2 Å². The first-order chi connectivity index (χ1) is 12.9. The van der Waals surface area contributed by atoms with Crippen LogP contribution >= 0.6 is 11.8 Å². The Balaban J connectivity index is 2.21. The predicted octanol–water partition coefficient (Wildman–Crippen LogP) is 4.40. The number of hydrogen-bond donors (Lipinski definition) is 1. The van der Waals surface area contributed by atoms with Crippen LogP contribution < -0.4 is 5.73 Å². The number of thioether (sulfide) groups is 1. The number of ether oxygens (including phenoxy) is 1. The summed E-state index contributed by atoms with van der Waals surface area (Å²) in [7, 11) is 1.38. The lowest BCUT2D eigenvalue weighted by Crippen LogP contribution is -2.29. The first-order valence-corrected chi connectivity index (χ1v) is 9.14. The number of methoxy groups -OCH3 is 1. The average molecular weight is 377 g/mol. The van der Waals surface area contributed by atoms with Gasteiger partial charge in [0.15, 0.2) is 0 Å². The molecule has 0 radical (unpaired) electrons. The number of nitrogen functional groups attached to an aromatic ring is 1. The molecule has 0 spiro atoms. The molecule has 0 aliphatic carbocycles. The number of aromatic nitrogens is 1. The zero-order valence-electron chi connectivity index (χ0n) is 15.3. The molecule has 0 atom stereocenters. The second-order valence-electron chi connectivity index (χ2n) is 6.53.